The van der Waals surface area contributed by atoms with Gasteiger partial charge < -0.3 is 14.5 Å². The summed E-state index contributed by atoms with van der Waals surface area (Å²) in [6.07, 6.45) is 3.27. The van der Waals surface area contributed by atoms with Crippen LogP contribution in [-0.2, 0) is 17.8 Å². The van der Waals surface area contributed by atoms with Crippen LogP contribution in [0.25, 0.3) is 0 Å². The van der Waals surface area contributed by atoms with E-state index in [0.717, 1.165) is 5.76 Å². The van der Waals surface area contributed by atoms with Gasteiger partial charge in [-0.2, -0.15) is 0 Å². The predicted octanol–water partition coefficient (Wildman–Crippen LogP) is 1.75. The third kappa shape index (κ3) is 2.95. The Morgan fingerprint density at radius 3 is 3.00 bits per heavy atom. The average Bonchev–Trinajstić information content (AvgIpc) is 2.92. The van der Waals surface area contributed by atoms with E-state index in [1.54, 1.807) is 24.6 Å². The number of furan rings is 1. The number of ether oxygens (including phenoxy) is 1. The van der Waals surface area contributed by atoms with Crippen LogP contribution in [0.3, 0.4) is 0 Å². The summed E-state index contributed by atoms with van der Waals surface area (Å²) in [5.41, 5.74) is 1.14. The van der Waals surface area contributed by atoms with E-state index in [1.165, 1.54) is 7.11 Å². The lowest BCUT2D eigenvalue weighted by Crippen LogP contribution is -2.17. The molecular formula is C13H14N2O3. The molecule has 5 heteroatoms. The Morgan fingerprint density at radius 1 is 1.39 bits per heavy atom. The molecule has 0 aliphatic heterocycles. The number of esters is 1. The van der Waals surface area contributed by atoms with Gasteiger partial charge in [0.05, 0.1) is 31.2 Å². The largest absolute Gasteiger partial charge is 0.468 e. The van der Waals surface area contributed by atoms with Crippen LogP contribution in [0.5, 0.6) is 0 Å². The Morgan fingerprint density at radius 2 is 2.28 bits per heavy atom. The Balaban J connectivity index is 1.98. The van der Waals surface area contributed by atoms with Gasteiger partial charge in [-0.05, 0) is 24.3 Å². The van der Waals surface area contributed by atoms with Crippen LogP contribution in [0.1, 0.15) is 21.8 Å². The lowest BCUT2D eigenvalue weighted by atomic mass is 10.2. The first-order chi connectivity index (χ1) is 8.81. The zero-order chi connectivity index (χ0) is 12.8. The second-order valence-corrected chi connectivity index (χ2v) is 3.67. The summed E-state index contributed by atoms with van der Waals surface area (Å²) in [7, 11) is 1.36. The molecule has 0 amide bonds. The zero-order valence-corrected chi connectivity index (χ0v) is 10.1. The third-order valence-electron chi connectivity index (χ3n) is 2.47. The van der Waals surface area contributed by atoms with E-state index in [1.807, 2.05) is 12.1 Å². The number of hydrogen-bond donors (Lipinski definition) is 1. The fourth-order valence-electron chi connectivity index (χ4n) is 1.59. The molecule has 0 aliphatic rings. The van der Waals surface area contributed by atoms with Gasteiger partial charge in [0.2, 0.25) is 0 Å². The number of rotatable bonds is 5. The molecule has 94 valence electrons. The molecule has 2 rings (SSSR count). The number of carbonyl (C=O) groups excluding carboxylic acids is 1. The molecule has 2 aromatic heterocycles. The highest BCUT2D eigenvalue weighted by molar-refractivity contribution is 5.90. The van der Waals surface area contributed by atoms with Crippen LogP contribution in [0.2, 0.25) is 0 Å². The Hall–Kier alpha value is -2.14. The summed E-state index contributed by atoms with van der Waals surface area (Å²) in [6, 6.07) is 7.12. The molecule has 0 atom stereocenters. The van der Waals surface area contributed by atoms with Crippen molar-refractivity contribution in [3.05, 3.63) is 53.7 Å². The Kier molecular flexibility index (Phi) is 4.09. The van der Waals surface area contributed by atoms with Crippen molar-refractivity contribution in [3.8, 4) is 0 Å². The van der Waals surface area contributed by atoms with Crippen LogP contribution in [0.15, 0.2) is 41.1 Å². The van der Waals surface area contributed by atoms with Gasteiger partial charge in [0.25, 0.3) is 0 Å². The summed E-state index contributed by atoms with van der Waals surface area (Å²) in [5.74, 6) is 0.462. The van der Waals surface area contributed by atoms with Gasteiger partial charge >= 0.3 is 5.97 Å². The molecule has 0 radical (unpaired) electrons. The van der Waals surface area contributed by atoms with Crippen LogP contribution in [-0.4, -0.2) is 18.1 Å². The first-order valence-electron chi connectivity index (χ1n) is 5.56. The summed E-state index contributed by atoms with van der Waals surface area (Å²) in [6.45, 7) is 1.07. The van der Waals surface area contributed by atoms with Crippen molar-refractivity contribution in [1.82, 2.24) is 10.3 Å². The monoisotopic (exact) mass is 246 g/mol. The van der Waals surface area contributed by atoms with E-state index in [2.05, 4.69) is 10.3 Å². The highest BCUT2D eigenvalue weighted by atomic mass is 16.5. The van der Waals surface area contributed by atoms with Crippen molar-refractivity contribution in [2.24, 2.45) is 0 Å². The van der Waals surface area contributed by atoms with Crippen LogP contribution < -0.4 is 5.32 Å². The summed E-state index contributed by atoms with van der Waals surface area (Å²) in [4.78, 5) is 15.7. The molecule has 0 saturated carbocycles. The smallest absolute Gasteiger partial charge is 0.339 e. The van der Waals surface area contributed by atoms with Gasteiger partial charge in [-0.15, -0.1) is 0 Å². The number of pyridine rings is 1. The van der Waals surface area contributed by atoms with Gasteiger partial charge in [0, 0.05) is 12.7 Å². The fraction of sp³-hybridized carbons (Fsp3) is 0.231. The lowest BCUT2D eigenvalue weighted by Gasteiger charge is -2.07. The van der Waals surface area contributed by atoms with Crippen molar-refractivity contribution < 1.29 is 13.9 Å². The van der Waals surface area contributed by atoms with Crippen molar-refractivity contribution in [2.75, 3.05) is 7.11 Å². The molecule has 1 N–H and O–H groups in total. The predicted molar refractivity (Wildman–Crippen MR) is 64.8 cm³/mol. The minimum atomic E-state index is -0.377. The second kappa shape index (κ2) is 5.97. The molecule has 0 unspecified atom stereocenters. The third-order valence-corrected chi connectivity index (χ3v) is 2.47. The molecule has 0 fully saturated rings. The maximum atomic E-state index is 11.5. The molecule has 0 aliphatic carbocycles. The molecule has 0 bridgehead atoms. The fourth-order valence-corrected chi connectivity index (χ4v) is 1.59. The molecule has 0 saturated heterocycles. The van der Waals surface area contributed by atoms with E-state index in [9.17, 15) is 4.79 Å². The van der Waals surface area contributed by atoms with E-state index in [-0.39, 0.29) is 5.97 Å². The van der Waals surface area contributed by atoms with E-state index in [4.69, 9.17) is 9.15 Å². The molecule has 0 aromatic carbocycles. The number of carbonyl (C=O) groups is 1. The highest BCUT2D eigenvalue weighted by Gasteiger charge is 2.11. The molecule has 5 nitrogen and oxygen atoms in total. The van der Waals surface area contributed by atoms with Gasteiger partial charge in [0.1, 0.15) is 5.76 Å². The minimum absolute atomic E-state index is 0.377. The Bertz CT molecular complexity index is 509. The van der Waals surface area contributed by atoms with Crippen molar-refractivity contribution in [2.45, 2.75) is 13.1 Å². The van der Waals surface area contributed by atoms with E-state index >= 15 is 0 Å². The zero-order valence-electron chi connectivity index (χ0n) is 10.1. The lowest BCUT2D eigenvalue weighted by molar-refractivity contribution is 0.0598. The topological polar surface area (TPSA) is 64.4 Å². The second-order valence-electron chi connectivity index (χ2n) is 3.67. The maximum absolute atomic E-state index is 11.5. The average molecular weight is 246 g/mol. The highest BCUT2D eigenvalue weighted by Crippen LogP contribution is 2.07. The molecule has 18 heavy (non-hydrogen) atoms. The molecular weight excluding hydrogens is 232 g/mol. The van der Waals surface area contributed by atoms with Crippen molar-refractivity contribution >= 4 is 5.97 Å². The first-order valence-corrected chi connectivity index (χ1v) is 5.56. The quantitative estimate of drug-likeness (QED) is 0.814. The number of nitrogens with zero attached hydrogens (tertiary/aromatic N) is 1. The Labute approximate surface area is 105 Å². The number of aromatic nitrogens is 1. The number of nitrogens with one attached hydrogen (secondary N) is 1. The van der Waals surface area contributed by atoms with Crippen molar-refractivity contribution in [1.29, 1.82) is 0 Å². The van der Waals surface area contributed by atoms with Crippen LogP contribution in [0.4, 0.5) is 0 Å². The standard InChI is InChI=1S/C13H14N2O3/c1-17-13(16)11-5-2-6-15-12(11)9-14-8-10-4-3-7-18-10/h2-7,14H,8-9H2,1H3. The normalized spacial score (nSPS) is 10.3. The van der Waals surface area contributed by atoms with Gasteiger partial charge in [-0.3, -0.25) is 4.98 Å². The van der Waals surface area contributed by atoms with Gasteiger partial charge in [0.15, 0.2) is 0 Å². The summed E-state index contributed by atoms with van der Waals surface area (Å²) < 4.78 is 9.90. The van der Waals surface area contributed by atoms with E-state index < -0.39 is 0 Å². The number of methoxy groups -OCH3 is 1. The van der Waals surface area contributed by atoms with Gasteiger partial charge in [-0.1, -0.05) is 0 Å². The van der Waals surface area contributed by atoms with Crippen LogP contribution in [0, 0.1) is 0 Å². The van der Waals surface area contributed by atoms with Crippen molar-refractivity contribution in [3.63, 3.8) is 0 Å². The summed E-state index contributed by atoms with van der Waals surface area (Å²) in [5, 5.41) is 3.16. The molecule has 2 heterocycles. The van der Waals surface area contributed by atoms with Gasteiger partial charge in [-0.25, -0.2) is 4.79 Å². The van der Waals surface area contributed by atoms with E-state index in [0.29, 0.717) is 24.3 Å². The molecule has 0 spiro atoms. The SMILES string of the molecule is COC(=O)c1cccnc1CNCc1ccco1. The minimum Gasteiger partial charge on any atom is -0.468 e. The number of hydrogen-bond acceptors (Lipinski definition) is 5. The van der Waals surface area contributed by atoms with Crippen LogP contribution >= 0.6 is 0 Å². The summed E-state index contributed by atoms with van der Waals surface area (Å²) >= 11 is 0. The molecule has 2 aromatic rings. The maximum Gasteiger partial charge on any atom is 0.339 e. The first kappa shape index (κ1) is 12.3.